The van der Waals surface area contributed by atoms with Crippen molar-refractivity contribution in [2.24, 2.45) is 0 Å². The van der Waals surface area contributed by atoms with E-state index in [2.05, 4.69) is 35.2 Å². The fraction of sp³-hybridized carbons (Fsp3) is 0.310. The van der Waals surface area contributed by atoms with E-state index in [0.29, 0.717) is 11.6 Å². The normalized spacial score (nSPS) is 19.7. The van der Waals surface area contributed by atoms with Crippen LogP contribution in [-0.2, 0) is 0 Å². The Hall–Kier alpha value is -3.48. The number of piperazine rings is 1. The number of hydrogen-bond donors (Lipinski definition) is 1. The molecule has 0 bridgehead atoms. The number of amides is 1. The standard InChI is InChI=1S/C29H34N4O2/c1-5-16-32-19-22(3)33(20-21(32)2)28(23-10-8-12-25(34)17-23)26-13-6-7-14-27(26)29(35)31(4)24-11-9-15-30-18-24/h5-15,17-18,21-22,28,34H,1,16,19-20H2,2-4H3/t21-,22+,28-/m1/s1. The smallest absolute Gasteiger partial charge is 0.258 e. The summed E-state index contributed by atoms with van der Waals surface area (Å²) in [7, 11) is 1.78. The second-order valence-electron chi connectivity index (χ2n) is 9.30. The van der Waals surface area contributed by atoms with Gasteiger partial charge in [0.25, 0.3) is 5.91 Å². The van der Waals surface area contributed by atoms with Crippen LogP contribution in [0.15, 0.2) is 85.7 Å². The number of carbonyl (C=O) groups excluding carboxylic acids is 1. The molecule has 2 heterocycles. The molecule has 1 fully saturated rings. The first-order chi connectivity index (χ1) is 16.9. The van der Waals surface area contributed by atoms with Gasteiger partial charge in [0.05, 0.1) is 17.9 Å². The highest BCUT2D eigenvalue weighted by atomic mass is 16.3. The zero-order chi connectivity index (χ0) is 24.9. The van der Waals surface area contributed by atoms with E-state index in [0.717, 1.165) is 36.4 Å². The summed E-state index contributed by atoms with van der Waals surface area (Å²) < 4.78 is 0. The van der Waals surface area contributed by atoms with Gasteiger partial charge in [-0.2, -0.15) is 0 Å². The van der Waals surface area contributed by atoms with Crippen LogP contribution < -0.4 is 4.90 Å². The maximum Gasteiger partial charge on any atom is 0.258 e. The van der Waals surface area contributed by atoms with Gasteiger partial charge in [0.15, 0.2) is 0 Å². The number of phenolic OH excluding ortho intramolecular Hbond substituents is 1. The lowest BCUT2D eigenvalue weighted by molar-refractivity contribution is 0.0304. The Balaban J connectivity index is 1.78. The lowest BCUT2D eigenvalue weighted by Gasteiger charge is -2.47. The highest BCUT2D eigenvalue weighted by Gasteiger charge is 2.36. The molecule has 4 rings (SSSR count). The molecule has 0 unspecified atom stereocenters. The van der Waals surface area contributed by atoms with Crippen molar-refractivity contribution in [1.29, 1.82) is 0 Å². The zero-order valence-electron chi connectivity index (χ0n) is 20.7. The molecule has 35 heavy (non-hydrogen) atoms. The number of pyridine rings is 1. The predicted molar refractivity (Wildman–Crippen MR) is 141 cm³/mol. The van der Waals surface area contributed by atoms with Crippen molar-refractivity contribution >= 4 is 11.6 Å². The molecule has 6 heteroatoms. The highest BCUT2D eigenvalue weighted by Crippen LogP contribution is 2.36. The summed E-state index contributed by atoms with van der Waals surface area (Å²) in [5, 5.41) is 10.3. The third kappa shape index (κ3) is 5.29. The topological polar surface area (TPSA) is 59.9 Å². The molecule has 1 N–H and O–H groups in total. The van der Waals surface area contributed by atoms with Gasteiger partial charge in [0.2, 0.25) is 0 Å². The summed E-state index contributed by atoms with van der Waals surface area (Å²) in [5.41, 5.74) is 3.27. The molecule has 1 saturated heterocycles. The van der Waals surface area contributed by atoms with E-state index in [9.17, 15) is 9.90 Å². The van der Waals surface area contributed by atoms with Crippen LogP contribution in [0, 0.1) is 0 Å². The fourth-order valence-corrected chi connectivity index (χ4v) is 5.03. The molecule has 3 atom stereocenters. The van der Waals surface area contributed by atoms with Gasteiger partial charge in [-0.05, 0) is 55.3 Å². The van der Waals surface area contributed by atoms with Crippen LogP contribution in [0.1, 0.15) is 41.4 Å². The van der Waals surface area contributed by atoms with Crippen LogP contribution in [0.25, 0.3) is 0 Å². The lowest BCUT2D eigenvalue weighted by atomic mass is 9.90. The maximum atomic E-state index is 13.7. The van der Waals surface area contributed by atoms with Crippen LogP contribution in [-0.4, -0.2) is 64.6 Å². The third-order valence-electron chi connectivity index (χ3n) is 6.87. The molecule has 0 spiro atoms. The Bertz CT molecular complexity index is 1170. The van der Waals surface area contributed by atoms with Gasteiger partial charge in [-0.25, -0.2) is 0 Å². The molecule has 1 aromatic heterocycles. The lowest BCUT2D eigenvalue weighted by Crippen LogP contribution is -2.57. The number of rotatable bonds is 7. The van der Waals surface area contributed by atoms with Crippen LogP contribution in [0.3, 0.4) is 0 Å². The minimum absolute atomic E-state index is 0.0928. The van der Waals surface area contributed by atoms with Gasteiger partial charge in [-0.1, -0.05) is 36.4 Å². The average Bonchev–Trinajstić information content (AvgIpc) is 2.87. The summed E-state index contributed by atoms with van der Waals surface area (Å²) in [6.07, 6.45) is 5.34. The van der Waals surface area contributed by atoms with Crippen molar-refractivity contribution in [3.8, 4) is 5.75 Å². The van der Waals surface area contributed by atoms with Crippen molar-refractivity contribution in [3.63, 3.8) is 0 Å². The minimum Gasteiger partial charge on any atom is -0.508 e. The second-order valence-corrected chi connectivity index (χ2v) is 9.30. The molecule has 0 aliphatic carbocycles. The monoisotopic (exact) mass is 470 g/mol. The number of aromatic hydroxyl groups is 1. The number of phenols is 1. The predicted octanol–water partition coefficient (Wildman–Crippen LogP) is 4.73. The van der Waals surface area contributed by atoms with Crippen molar-refractivity contribution in [1.82, 2.24) is 14.8 Å². The average molecular weight is 471 g/mol. The molecule has 1 aliphatic heterocycles. The van der Waals surface area contributed by atoms with Gasteiger partial charge in [0, 0.05) is 50.5 Å². The van der Waals surface area contributed by atoms with Gasteiger partial charge in [0.1, 0.15) is 5.75 Å². The summed E-state index contributed by atoms with van der Waals surface area (Å²) in [5.74, 6) is 0.125. The van der Waals surface area contributed by atoms with E-state index in [1.807, 2.05) is 60.7 Å². The van der Waals surface area contributed by atoms with E-state index in [1.165, 1.54) is 0 Å². The molecule has 2 aromatic carbocycles. The van der Waals surface area contributed by atoms with Crippen LogP contribution in [0.5, 0.6) is 5.75 Å². The second kappa shape index (κ2) is 10.8. The van der Waals surface area contributed by atoms with E-state index in [-0.39, 0.29) is 23.7 Å². The largest absolute Gasteiger partial charge is 0.508 e. The van der Waals surface area contributed by atoms with Crippen molar-refractivity contribution in [3.05, 3.63) is 102 Å². The molecular weight excluding hydrogens is 436 g/mol. The number of nitrogens with zero attached hydrogens (tertiary/aromatic N) is 4. The van der Waals surface area contributed by atoms with E-state index in [1.54, 1.807) is 30.4 Å². The Labute approximate surface area is 208 Å². The van der Waals surface area contributed by atoms with E-state index < -0.39 is 0 Å². The summed E-state index contributed by atoms with van der Waals surface area (Å²) in [4.78, 5) is 24.4. The molecule has 1 amide bonds. The number of aromatic nitrogens is 1. The Morgan fingerprint density at radius 1 is 1.14 bits per heavy atom. The van der Waals surface area contributed by atoms with E-state index in [4.69, 9.17) is 0 Å². The number of carbonyl (C=O) groups is 1. The van der Waals surface area contributed by atoms with Crippen molar-refractivity contribution in [2.75, 3.05) is 31.6 Å². The Morgan fingerprint density at radius 3 is 2.66 bits per heavy atom. The summed E-state index contributed by atoms with van der Waals surface area (Å²) >= 11 is 0. The van der Waals surface area contributed by atoms with Gasteiger partial charge >= 0.3 is 0 Å². The first-order valence-electron chi connectivity index (χ1n) is 12.1. The fourth-order valence-electron chi connectivity index (χ4n) is 5.03. The SMILES string of the molecule is C=CCN1C[C@H](C)N([C@H](c2cccc(O)c2)c2ccccc2C(=O)N(C)c2cccnc2)C[C@H]1C. The first kappa shape index (κ1) is 24.6. The van der Waals surface area contributed by atoms with Crippen LogP contribution in [0.4, 0.5) is 5.69 Å². The highest BCUT2D eigenvalue weighted by molar-refractivity contribution is 6.06. The molecule has 3 aromatic rings. The van der Waals surface area contributed by atoms with Crippen molar-refractivity contribution < 1.29 is 9.90 Å². The van der Waals surface area contributed by atoms with Gasteiger partial charge < -0.3 is 10.0 Å². The number of hydrogen-bond acceptors (Lipinski definition) is 5. The van der Waals surface area contributed by atoms with E-state index >= 15 is 0 Å². The third-order valence-corrected chi connectivity index (χ3v) is 6.87. The van der Waals surface area contributed by atoms with Crippen molar-refractivity contribution in [2.45, 2.75) is 32.0 Å². The number of benzene rings is 2. The zero-order valence-corrected chi connectivity index (χ0v) is 20.7. The Morgan fingerprint density at radius 2 is 1.94 bits per heavy atom. The Kier molecular flexibility index (Phi) is 7.63. The first-order valence-corrected chi connectivity index (χ1v) is 12.1. The molecule has 182 valence electrons. The molecule has 0 saturated carbocycles. The van der Waals surface area contributed by atoms with Gasteiger partial charge in [-0.3, -0.25) is 19.6 Å². The minimum atomic E-state index is -0.187. The molecule has 1 aliphatic rings. The molecule has 0 radical (unpaired) electrons. The number of anilines is 1. The summed E-state index contributed by atoms with van der Waals surface area (Å²) in [6.45, 7) is 10.9. The van der Waals surface area contributed by atoms with Crippen LogP contribution in [0.2, 0.25) is 0 Å². The summed E-state index contributed by atoms with van der Waals surface area (Å²) in [6, 6.07) is 19.3. The maximum absolute atomic E-state index is 13.7. The quantitative estimate of drug-likeness (QED) is 0.506. The van der Waals surface area contributed by atoms with Crippen LogP contribution >= 0.6 is 0 Å². The molecular formula is C29H34N4O2. The molecule has 6 nitrogen and oxygen atoms in total. The van der Waals surface area contributed by atoms with Gasteiger partial charge in [-0.15, -0.1) is 6.58 Å².